The first-order valence-electron chi connectivity index (χ1n) is 8.58. The highest BCUT2D eigenvalue weighted by Gasteiger charge is 2.38. The van der Waals surface area contributed by atoms with Gasteiger partial charge in [-0.2, -0.15) is 13.2 Å². The number of para-hydroxylation sites is 1. The number of methoxy groups -OCH3 is 1. The zero-order valence-corrected chi connectivity index (χ0v) is 15.9. The van der Waals surface area contributed by atoms with Crippen molar-refractivity contribution in [3.63, 3.8) is 0 Å². The molecule has 4 aromatic rings. The van der Waals surface area contributed by atoms with Gasteiger partial charge in [-0.3, -0.25) is 4.98 Å². The predicted octanol–water partition coefficient (Wildman–Crippen LogP) is 6.04. The van der Waals surface area contributed by atoms with Crippen molar-refractivity contribution in [1.29, 1.82) is 0 Å². The minimum absolute atomic E-state index is 0.115. The number of hydrogen-bond acceptors (Lipinski definition) is 4. The molecule has 0 amide bonds. The number of halogens is 4. The van der Waals surface area contributed by atoms with E-state index in [1.54, 1.807) is 48.5 Å². The van der Waals surface area contributed by atoms with E-state index in [-0.39, 0.29) is 29.0 Å². The van der Waals surface area contributed by atoms with Crippen LogP contribution in [0.3, 0.4) is 0 Å². The van der Waals surface area contributed by atoms with Crippen molar-refractivity contribution in [3.05, 3.63) is 70.9 Å². The highest BCUT2D eigenvalue weighted by Crippen LogP contribution is 2.42. The van der Waals surface area contributed by atoms with Crippen LogP contribution in [-0.2, 0) is 12.8 Å². The first-order valence-corrected chi connectivity index (χ1v) is 8.96. The van der Waals surface area contributed by atoms with Crippen LogP contribution in [0.15, 0.2) is 54.7 Å². The lowest BCUT2D eigenvalue weighted by Gasteiger charge is -2.18. The van der Waals surface area contributed by atoms with Crippen LogP contribution in [0.25, 0.3) is 21.8 Å². The molecule has 0 aliphatic carbocycles. The Hall–Kier alpha value is -3.06. The van der Waals surface area contributed by atoms with Crippen molar-refractivity contribution in [2.24, 2.45) is 0 Å². The molecule has 2 aromatic heterocycles. The average Bonchev–Trinajstić information content (AvgIpc) is 2.71. The molecule has 0 saturated carbocycles. The summed E-state index contributed by atoms with van der Waals surface area (Å²) in [5.41, 5.74) is -0.306. The summed E-state index contributed by atoms with van der Waals surface area (Å²) in [4.78, 5) is 8.54. The van der Waals surface area contributed by atoms with Crippen LogP contribution in [0.4, 0.5) is 13.2 Å². The Balaban J connectivity index is 1.91. The average molecular weight is 419 g/mol. The van der Waals surface area contributed by atoms with Crippen LogP contribution in [0.2, 0.25) is 5.02 Å². The normalized spacial score (nSPS) is 11.8. The van der Waals surface area contributed by atoms with Crippen LogP contribution in [0, 0.1) is 0 Å². The third-order valence-corrected chi connectivity index (χ3v) is 4.69. The van der Waals surface area contributed by atoms with E-state index in [1.807, 2.05) is 0 Å². The third-order valence-electron chi connectivity index (χ3n) is 4.44. The Morgan fingerprint density at radius 2 is 1.76 bits per heavy atom. The fraction of sp³-hybridized carbons (Fsp3) is 0.143. The highest BCUT2D eigenvalue weighted by molar-refractivity contribution is 6.30. The van der Waals surface area contributed by atoms with Gasteiger partial charge in [0.1, 0.15) is 12.4 Å². The zero-order chi connectivity index (χ0) is 20.6. The van der Waals surface area contributed by atoms with E-state index in [4.69, 9.17) is 21.1 Å². The molecule has 0 bridgehead atoms. The minimum atomic E-state index is -4.66. The maximum atomic E-state index is 14.1. The molecule has 0 radical (unpaired) electrons. The van der Waals surface area contributed by atoms with E-state index in [1.165, 1.54) is 13.3 Å². The standard InChI is InChI=1S/C21H14ClF3N2O2/c1-28-20-17-18(21(23,24)25)12(11-29-14-8-6-13(22)7-9-14)10-26-19(17)15-4-2-3-5-16(15)27-20/h2-10H,11H2,1H3. The maximum Gasteiger partial charge on any atom is 0.417 e. The van der Waals surface area contributed by atoms with Crippen LogP contribution in [-0.4, -0.2) is 17.1 Å². The number of benzene rings is 2. The number of hydrogen-bond donors (Lipinski definition) is 0. The van der Waals surface area contributed by atoms with E-state index in [0.717, 1.165) is 0 Å². The lowest BCUT2D eigenvalue weighted by molar-refractivity contribution is -0.137. The fourth-order valence-corrected chi connectivity index (χ4v) is 3.30. The lowest BCUT2D eigenvalue weighted by atomic mass is 10.0. The maximum absolute atomic E-state index is 14.1. The fourth-order valence-electron chi connectivity index (χ4n) is 3.17. The number of pyridine rings is 2. The van der Waals surface area contributed by atoms with Gasteiger partial charge in [0.2, 0.25) is 5.88 Å². The van der Waals surface area contributed by atoms with Crippen molar-refractivity contribution in [2.75, 3.05) is 7.11 Å². The van der Waals surface area contributed by atoms with Crippen molar-refractivity contribution >= 4 is 33.4 Å². The third kappa shape index (κ3) is 3.65. The summed E-state index contributed by atoms with van der Waals surface area (Å²) in [6, 6.07) is 13.2. The Bertz CT molecular complexity index is 1190. The van der Waals surface area contributed by atoms with Crippen LogP contribution < -0.4 is 9.47 Å². The molecule has 0 aliphatic rings. The van der Waals surface area contributed by atoms with Gasteiger partial charge < -0.3 is 9.47 Å². The summed E-state index contributed by atoms with van der Waals surface area (Å²) < 4.78 is 53.0. The van der Waals surface area contributed by atoms with Crippen LogP contribution in [0.5, 0.6) is 11.6 Å². The first-order chi connectivity index (χ1) is 13.9. The molecule has 0 atom stereocenters. The highest BCUT2D eigenvalue weighted by atomic mass is 35.5. The topological polar surface area (TPSA) is 44.2 Å². The van der Waals surface area contributed by atoms with Crippen molar-refractivity contribution in [3.8, 4) is 11.6 Å². The summed E-state index contributed by atoms with van der Waals surface area (Å²) in [6.07, 6.45) is -3.47. The lowest BCUT2D eigenvalue weighted by Crippen LogP contribution is -2.14. The van der Waals surface area contributed by atoms with Crippen LogP contribution >= 0.6 is 11.6 Å². The predicted molar refractivity (Wildman–Crippen MR) is 104 cm³/mol. The quantitative estimate of drug-likeness (QED) is 0.379. The Morgan fingerprint density at radius 1 is 1.03 bits per heavy atom. The monoisotopic (exact) mass is 418 g/mol. The molecule has 0 spiro atoms. The second-order valence-corrected chi connectivity index (χ2v) is 6.70. The summed E-state index contributed by atoms with van der Waals surface area (Å²) in [5.74, 6) is 0.262. The number of ether oxygens (including phenoxy) is 2. The number of rotatable bonds is 4. The molecule has 0 saturated heterocycles. The van der Waals surface area contributed by atoms with Gasteiger partial charge in [0.15, 0.2) is 0 Å². The van der Waals surface area contributed by atoms with Gasteiger partial charge in [-0.1, -0.05) is 29.8 Å². The van der Waals surface area contributed by atoms with Gasteiger partial charge in [0.25, 0.3) is 0 Å². The molecular weight excluding hydrogens is 405 g/mol. The molecule has 4 rings (SSSR count). The van der Waals surface area contributed by atoms with Gasteiger partial charge >= 0.3 is 6.18 Å². The second kappa shape index (κ2) is 7.40. The zero-order valence-electron chi connectivity index (χ0n) is 15.1. The van der Waals surface area contributed by atoms with E-state index in [0.29, 0.717) is 21.7 Å². The summed E-state index contributed by atoms with van der Waals surface area (Å²) in [7, 11) is 1.29. The summed E-state index contributed by atoms with van der Waals surface area (Å²) in [6.45, 7) is -0.324. The van der Waals surface area contributed by atoms with E-state index in [9.17, 15) is 13.2 Å². The minimum Gasteiger partial charge on any atom is -0.489 e. The molecule has 148 valence electrons. The van der Waals surface area contributed by atoms with Gasteiger partial charge in [0, 0.05) is 22.2 Å². The molecule has 0 unspecified atom stereocenters. The summed E-state index contributed by atoms with van der Waals surface area (Å²) >= 11 is 5.83. The first kappa shape index (κ1) is 19.3. The number of fused-ring (bicyclic) bond motifs is 3. The van der Waals surface area contributed by atoms with E-state index in [2.05, 4.69) is 9.97 Å². The smallest absolute Gasteiger partial charge is 0.417 e. The van der Waals surface area contributed by atoms with Gasteiger partial charge in [0.05, 0.1) is 29.1 Å². The van der Waals surface area contributed by atoms with Gasteiger partial charge in [-0.25, -0.2) is 4.98 Å². The van der Waals surface area contributed by atoms with E-state index >= 15 is 0 Å². The van der Waals surface area contributed by atoms with Gasteiger partial charge in [-0.15, -0.1) is 0 Å². The number of aromatic nitrogens is 2. The van der Waals surface area contributed by atoms with Crippen LogP contribution in [0.1, 0.15) is 11.1 Å². The largest absolute Gasteiger partial charge is 0.489 e. The number of nitrogens with zero attached hydrogens (tertiary/aromatic N) is 2. The Morgan fingerprint density at radius 3 is 2.45 bits per heavy atom. The molecule has 0 fully saturated rings. The van der Waals surface area contributed by atoms with E-state index < -0.39 is 11.7 Å². The molecule has 2 aromatic carbocycles. The van der Waals surface area contributed by atoms with Crippen molar-refractivity contribution in [1.82, 2.24) is 9.97 Å². The molecule has 4 nitrogen and oxygen atoms in total. The number of alkyl halides is 3. The molecular formula is C21H14ClF3N2O2. The van der Waals surface area contributed by atoms with Crippen molar-refractivity contribution in [2.45, 2.75) is 12.8 Å². The second-order valence-electron chi connectivity index (χ2n) is 6.26. The molecule has 8 heteroatoms. The summed E-state index contributed by atoms with van der Waals surface area (Å²) in [5, 5.41) is 0.832. The molecule has 0 aliphatic heterocycles. The van der Waals surface area contributed by atoms with Gasteiger partial charge in [-0.05, 0) is 30.3 Å². The SMILES string of the molecule is COc1nc2ccccc2c2ncc(COc3ccc(Cl)cc3)c(C(F)(F)F)c12. The molecule has 2 heterocycles. The molecule has 0 N–H and O–H groups in total. The molecule has 29 heavy (non-hydrogen) atoms. The Kier molecular flexibility index (Phi) is 4.92. The Labute approximate surface area is 168 Å². The van der Waals surface area contributed by atoms with Crippen molar-refractivity contribution < 1.29 is 22.6 Å².